The molecule has 0 aliphatic heterocycles. The molecule has 0 saturated carbocycles. The number of amides is 1. The van der Waals surface area contributed by atoms with Gasteiger partial charge in [0.25, 0.3) is 0 Å². The van der Waals surface area contributed by atoms with Crippen molar-refractivity contribution in [2.45, 2.75) is 38.8 Å². The third-order valence-corrected chi connectivity index (χ3v) is 2.19. The molecule has 0 spiro atoms. The number of carboxylic acid groups (broad SMARTS) is 1. The highest BCUT2D eigenvalue weighted by atomic mass is 16.6. The number of hydrogen-bond donors (Lipinski definition) is 2. The number of nitrogens with one attached hydrogen (secondary N) is 1. The van der Waals surface area contributed by atoms with Crippen LogP contribution in [0.5, 0.6) is 0 Å². The Balaban J connectivity index is 2.68. The highest BCUT2D eigenvalue weighted by molar-refractivity contribution is 5.80. The molecule has 7 heteroatoms. The monoisotopic (exact) mass is 280 g/mol. The van der Waals surface area contributed by atoms with Gasteiger partial charge in [0, 0.05) is 6.42 Å². The minimum absolute atomic E-state index is 0.000242. The van der Waals surface area contributed by atoms with Gasteiger partial charge >= 0.3 is 12.1 Å². The molecule has 0 bridgehead atoms. The SMILES string of the molecule is CC(C)(C)OC(=O)NC(Cc1coc(C#N)c1)C(=O)O. The van der Waals surface area contributed by atoms with Crippen LogP contribution < -0.4 is 5.32 Å². The first-order chi connectivity index (χ1) is 9.21. The van der Waals surface area contributed by atoms with Crippen LogP contribution in [0, 0.1) is 11.3 Å². The molecule has 0 aliphatic carbocycles. The third kappa shape index (κ3) is 5.02. The molecule has 1 aromatic rings. The van der Waals surface area contributed by atoms with Gasteiger partial charge in [0.15, 0.2) is 0 Å². The maximum atomic E-state index is 11.6. The summed E-state index contributed by atoms with van der Waals surface area (Å²) in [5.41, 5.74) is -0.207. The van der Waals surface area contributed by atoms with Crippen molar-refractivity contribution in [3.63, 3.8) is 0 Å². The Bertz CT molecular complexity index is 536. The Kier molecular flexibility index (Phi) is 4.75. The maximum Gasteiger partial charge on any atom is 0.408 e. The Morgan fingerprint density at radius 3 is 2.65 bits per heavy atom. The van der Waals surface area contributed by atoms with Crippen molar-refractivity contribution >= 4 is 12.1 Å². The molecule has 0 aromatic carbocycles. The van der Waals surface area contributed by atoms with Gasteiger partial charge in [-0.05, 0) is 32.4 Å². The quantitative estimate of drug-likeness (QED) is 0.867. The van der Waals surface area contributed by atoms with Crippen LogP contribution in [0.2, 0.25) is 0 Å². The molecular weight excluding hydrogens is 264 g/mol. The molecular formula is C13H16N2O5. The van der Waals surface area contributed by atoms with Crippen molar-refractivity contribution in [3.8, 4) is 6.07 Å². The first kappa shape index (κ1) is 15.6. The summed E-state index contributed by atoms with van der Waals surface area (Å²) in [6, 6.07) is 2.06. The standard InChI is InChI=1S/C13H16N2O5/c1-13(2,3)20-12(18)15-10(11(16)17)5-8-4-9(6-14)19-7-8/h4,7,10H,5H2,1-3H3,(H,15,18)(H,16,17). The molecule has 108 valence electrons. The topological polar surface area (TPSA) is 113 Å². The number of aliphatic carboxylic acids is 1. The zero-order chi connectivity index (χ0) is 15.3. The maximum absolute atomic E-state index is 11.6. The molecule has 20 heavy (non-hydrogen) atoms. The van der Waals surface area contributed by atoms with E-state index in [9.17, 15) is 9.59 Å². The molecule has 0 fully saturated rings. The normalized spacial score (nSPS) is 12.3. The van der Waals surface area contributed by atoms with E-state index < -0.39 is 23.7 Å². The number of carboxylic acids is 1. The van der Waals surface area contributed by atoms with Crippen LogP contribution in [0.4, 0.5) is 4.79 Å². The van der Waals surface area contributed by atoms with Gasteiger partial charge in [-0.15, -0.1) is 0 Å². The van der Waals surface area contributed by atoms with Crippen molar-refractivity contribution in [3.05, 3.63) is 23.7 Å². The molecule has 1 heterocycles. The van der Waals surface area contributed by atoms with Gasteiger partial charge in [-0.1, -0.05) is 0 Å². The van der Waals surface area contributed by atoms with Gasteiger partial charge in [-0.25, -0.2) is 9.59 Å². The van der Waals surface area contributed by atoms with Gasteiger partial charge in [-0.3, -0.25) is 0 Å². The molecule has 1 atom stereocenters. The third-order valence-electron chi connectivity index (χ3n) is 2.19. The van der Waals surface area contributed by atoms with Crippen LogP contribution in [0.3, 0.4) is 0 Å². The first-order valence-electron chi connectivity index (χ1n) is 5.91. The Morgan fingerprint density at radius 1 is 1.55 bits per heavy atom. The Labute approximate surface area is 116 Å². The Morgan fingerprint density at radius 2 is 2.20 bits per heavy atom. The van der Waals surface area contributed by atoms with Gasteiger partial charge in [0.1, 0.15) is 17.7 Å². The van der Waals surface area contributed by atoms with Crippen LogP contribution in [0.15, 0.2) is 16.7 Å². The molecule has 1 aromatic heterocycles. The lowest BCUT2D eigenvalue weighted by molar-refractivity contribution is -0.139. The number of rotatable bonds is 4. The molecule has 7 nitrogen and oxygen atoms in total. The summed E-state index contributed by atoms with van der Waals surface area (Å²) in [4.78, 5) is 22.7. The predicted octanol–water partition coefficient (Wildman–Crippen LogP) is 1.67. The van der Waals surface area contributed by atoms with E-state index >= 15 is 0 Å². The molecule has 1 unspecified atom stereocenters. The van der Waals surface area contributed by atoms with Crippen molar-refractivity contribution in [2.24, 2.45) is 0 Å². The van der Waals surface area contributed by atoms with E-state index in [2.05, 4.69) is 5.32 Å². The Hall–Kier alpha value is -2.49. The number of furan rings is 1. The van der Waals surface area contributed by atoms with E-state index in [4.69, 9.17) is 19.5 Å². The average molecular weight is 280 g/mol. The number of hydrogen-bond acceptors (Lipinski definition) is 5. The molecule has 0 saturated heterocycles. The number of carbonyl (C=O) groups excluding carboxylic acids is 1. The van der Waals surface area contributed by atoms with E-state index in [1.807, 2.05) is 0 Å². The zero-order valence-corrected chi connectivity index (χ0v) is 11.5. The highest BCUT2D eigenvalue weighted by Crippen LogP contribution is 2.11. The van der Waals surface area contributed by atoms with Gasteiger partial charge in [-0.2, -0.15) is 5.26 Å². The lowest BCUT2D eigenvalue weighted by Gasteiger charge is -2.21. The lowest BCUT2D eigenvalue weighted by atomic mass is 10.1. The summed E-state index contributed by atoms with van der Waals surface area (Å²) in [6.45, 7) is 5.03. The molecule has 1 rings (SSSR count). The average Bonchev–Trinajstić information content (AvgIpc) is 2.73. The molecule has 0 aliphatic rings. The molecule has 2 N–H and O–H groups in total. The van der Waals surface area contributed by atoms with Crippen LogP contribution in [0.1, 0.15) is 32.1 Å². The number of alkyl carbamates (subject to hydrolysis) is 1. The van der Waals surface area contributed by atoms with Crippen LogP contribution >= 0.6 is 0 Å². The fourth-order valence-corrected chi connectivity index (χ4v) is 1.43. The summed E-state index contributed by atoms with van der Waals surface area (Å²) < 4.78 is 9.88. The largest absolute Gasteiger partial charge is 0.480 e. The van der Waals surface area contributed by atoms with Crippen LogP contribution in [-0.4, -0.2) is 28.8 Å². The van der Waals surface area contributed by atoms with E-state index in [1.165, 1.54) is 12.3 Å². The molecule has 0 radical (unpaired) electrons. The first-order valence-corrected chi connectivity index (χ1v) is 5.91. The number of ether oxygens (including phenoxy) is 1. The van der Waals surface area contributed by atoms with Crippen molar-refractivity contribution < 1.29 is 23.8 Å². The van der Waals surface area contributed by atoms with E-state index in [1.54, 1.807) is 26.8 Å². The number of carbonyl (C=O) groups is 2. The fourth-order valence-electron chi connectivity index (χ4n) is 1.43. The second kappa shape index (κ2) is 6.10. The molecule has 1 amide bonds. The van der Waals surface area contributed by atoms with E-state index in [0.29, 0.717) is 5.56 Å². The predicted molar refractivity (Wildman–Crippen MR) is 67.9 cm³/mol. The van der Waals surface area contributed by atoms with Crippen LogP contribution in [0.25, 0.3) is 0 Å². The second-order valence-electron chi connectivity index (χ2n) is 5.17. The van der Waals surface area contributed by atoms with E-state index in [-0.39, 0.29) is 12.2 Å². The summed E-state index contributed by atoms with van der Waals surface area (Å²) in [5.74, 6) is -1.11. The summed E-state index contributed by atoms with van der Waals surface area (Å²) >= 11 is 0. The van der Waals surface area contributed by atoms with Crippen molar-refractivity contribution in [1.82, 2.24) is 5.32 Å². The van der Waals surface area contributed by atoms with Crippen molar-refractivity contribution in [2.75, 3.05) is 0 Å². The van der Waals surface area contributed by atoms with Crippen molar-refractivity contribution in [1.29, 1.82) is 5.26 Å². The van der Waals surface area contributed by atoms with Crippen LogP contribution in [-0.2, 0) is 16.0 Å². The zero-order valence-electron chi connectivity index (χ0n) is 11.5. The van der Waals surface area contributed by atoms with Gasteiger partial charge < -0.3 is 19.6 Å². The number of nitriles is 1. The van der Waals surface area contributed by atoms with Gasteiger partial charge in [0.05, 0.1) is 6.26 Å². The van der Waals surface area contributed by atoms with Gasteiger partial charge in [0.2, 0.25) is 5.76 Å². The number of nitrogens with zero attached hydrogens (tertiary/aromatic N) is 1. The highest BCUT2D eigenvalue weighted by Gasteiger charge is 2.24. The minimum Gasteiger partial charge on any atom is -0.480 e. The smallest absolute Gasteiger partial charge is 0.408 e. The van der Waals surface area contributed by atoms with E-state index in [0.717, 1.165) is 0 Å². The summed E-state index contributed by atoms with van der Waals surface area (Å²) in [7, 11) is 0. The minimum atomic E-state index is -1.20. The summed E-state index contributed by atoms with van der Waals surface area (Å²) in [5, 5.41) is 20.0. The lowest BCUT2D eigenvalue weighted by Crippen LogP contribution is -2.44. The summed E-state index contributed by atoms with van der Waals surface area (Å²) in [6.07, 6.45) is 0.472. The fraction of sp³-hybridized carbons (Fsp3) is 0.462. The second-order valence-corrected chi connectivity index (χ2v) is 5.17.